The number of carbonyl (C=O) groups is 2. The third-order valence-electron chi connectivity index (χ3n) is 2.75. The van der Waals surface area contributed by atoms with Gasteiger partial charge in [-0.2, -0.15) is 0 Å². The van der Waals surface area contributed by atoms with E-state index >= 15 is 0 Å². The van der Waals surface area contributed by atoms with Crippen LogP contribution in [0.3, 0.4) is 0 Å². The number of carboxylic acid groups (broad SMARTS) is 1. The van der Waals surface area contributed by atoms with Crippen molar-refractivity contribution in [1.29, 1.82) is 0 Å². The summed E-state index contributed by atoms with van der Waals surface area (Å²) in [5, 5.41) is 10.7. The van der Waals surface area contributed by atoms with Crippen molar-refractivity contribution in [3.05, 3.63) is 12.0 Å². The number of nitrogens with zero attached hydrogens (tertiary/aromatic N) is 2. The van der Waals surface area contributed by atoms with E-state index in [1.165, 1.54) is 13.1 Å². The summed E-state index contributed by atoms with van der Waals surface area (Å²) in [7, 11) is -2.11. The smallest absolute Gasteiger partial charge is 0.325 e. The Morgan fingerprint density at radius 3 is 2.57 bits per heavy atom. The van der Waals surface area contributed by atoms with E-state index in [9.17, 15) is 18.0 Å². The zero-order chi connectivity index (χ0) is 16.2. The normalized spacial score (nSPS) is 12.9. The van der Waals surface area contributed by atoms with Crippen molar-refractivity contribution in [2.75, 3.05) is 6.54 Å². The molecule has 0 aliphatic carbocycles. The highest BCUT2D eigenvalue weighted by Crippen LogP contribution is 2.07. The maximum atomic E-state index is 11.9. The number of nitrogens with one attached hydrogen (secondary N) is 2. The Morgan fingerprint density at radius 1 is 1.48 bits per heavy atom. The van der Waals surface area contributed by atoms with Gasteiger partial charge >= 0.3 is 5.97 Å². The molecule has 1 heterocycles. The number of sulfonamides is 1. The summed E-state index contributed by atoms with van der Waals surface area (Å²) < 4.78 is 27.6. The summed E-state index contributed by atoms with van der Waals surface area (Å²) in [6.45, 7) is 2.84. The van der Waals surface area contributed by atoms with Crippen LogP contribution in [0.1, 0.15) is 19.2 Å². The van der Waals surface area contributed by atoms with E-state index in [2.05, 4.69) is 15.0 Å². The fourth-order valence-electron chi connectivity index (χ4n) is 1.40. The average molecular weight is 318 g/mol. The maximum Gasteiger partial charge on any atom is 0.325 e. The third-order valence-corrected chi connectivity index (χ3v) is 4.09. The van der Waals surface area contributed by atoms with Crippen LogP contribution >= 0.6 is 0 Å². The van der Waals surface area contributed by atoms with Crippen molar-refractivity contribution in [1.82, 2.24) is 19.6 Å². The number of carboxylic acids is 1. The molecule has 0 aliphatic heterocycles. The topological polar surface area (TPSA) is 130 Å². The highest BCUT2D eigenvalue weighted by Gasteiger charge is 2.19. The Kier molecular flexibility index (Phi) is 5.44. The summed E-state index contributed by atoms with van der Waals surface area (Å²) >= 11 is 0. The summed E-state index contributed by atoms with van der Waals surface area (Å²) in [5.41, 5.74) is 0. The van der Waals surface area contributed by atoms with Crippen LogP contribution in [0.5, 0.6) is 0 Å². The molecule has 1 aromatic rings. The summed E-state index contributed by atoms with van der Waals surface area (Å²) in [6.07, 6.45) is 1.20. The number of hydrogen-bond donors (Lipinski definition) is 3. The van der Waals surface area contributed by atoms with E-state index in [0.29, 0.717) is 5.82 Å². The van der Waals surface area contributed by atoms with E-state index in [1.807, 2.05) is 0 Å². The van der Waals surface area contributed by atoms with Crippen molar-refractivity contribution in [2.24, 2.45) is 7.05 Å². The quantitative estimate of drug-likeness (QED) is 0.590. The van der Waals surface area contributed by atoms with Gasteiger partial charge in [0.2, 0.25) is 5.91 Å². The van der Waals surface area contributed by atoms with E-state index in [-0.39, 0.29) is 18.0 Å². The maximum absolute atomic E-state index is 11.9. The standard InChI is InChI=1S/C11H18N4O5S/c1-7(11(17)18)13-9(16)4-5-12-21(19,20)10-6-15(3)8(2)14-10/h6-7,12H,4-5H2,1-3H3,(H,13,16)(H,17,18). The van der Waals surface area contributed by atoms with E-state index in [0.717, 1.165) is 0 Å². The molecular weight excluding hydrogens is 300 g/mol. The Labute approximate surface area is 122 Å². The first-order chi connectivity index (χ1) is 9.63. The second-order valence-electron chi connectivity index (χ2n) is 4.51. The highest BCUT2D eigenvalue weighted by molar-refractivity contribution is 7.89. The third kappa shape index (κ3) is 4.83. The molecule has 1 aromatic heterocycles. The van der Waals surface area contributed by atoms with Crippen LogP contribution in [-0.4, -0.2) is 47.5 Å². The number of hydrogen-bond acceptors (Lipinski definition) is 5. The molecule has 118 valence electrons. The zero-order valence-corrected chi connectivity index (χ0v) is 12.8. The second-order valence-corrected chi connectivity index (χ2v) is 6.23. The highest BCUT2D eigenvalue weighted by atomic mass is 32.2. The Morgan fingerprint density at radius 2 is 2.10 bits per heavy atom. The fourth-order valence-corrected chi connectivity index (χ4v) is 2.47. The molecule has 9 nitrogen and oxygen atoms in total. The molecule has 0 spiro atoms. The van der Waals surface area contributed by atoms with Crippen molar-refractivity contribution >= 4 is 21.9 Å². The first kappa shape index (κ1) is 17.1. The lowest BCUT2D eigenvalue weighted by atomic mass is 10.3. The monoisotopic (exact) mass is 318 g/mol. The Hall–Kier alpha value is -1.94. The van der Waals surface area contributed by atoms with Crippen molar-refractivity contribution in [3.63, 3.8) is 0 Å². The van der Waals surface area contributed by atoms with Crippen LogP contribution in [0.2, 0.25) is 0 Å². The van der Waals surface area contributed by atoms with Crippen LogP contribution < -0.4 is 10.0 Å². The SMILES string of the molecule is Cc1nc(S(=O)(=O)NCCC(=O)NC(C)C(=O)O)cn1C. The summed E-state index contributed by atoms with van der Waals surface area (Å²) in [5.74, 6) is -1.17. The molecule has 0 aliphatic rings. The van der Waals surface area contributed by atoms with E-state index < -0.39 is 27.9 Å². The molecule has 1 atom stereocenters. The largest absolute Gasteiger partial charge is 0.480 e. The summed E-state index contributed by atoms with van der Waals surface area (Å²) in [6, 6.07) is -1.02. The van der Waals surface area contributed by atoms with Gasteiger partial charge in [-0.15, -0.1) is 0 Å². The van der Waals surface area contributed by atoms with Crippen molar-refractivity contribution in [2.45, 2.75) is 31.3 Å². The molecule has 3 N–H and O–H groups in total. The number of carbonyl (C=O) groups excluding carboxylic acids is 1. The number of aryl methyl sites for hydroxylation is 2. The van der Waals surface area contributed by atoms with Gasteiger partial charge in [0, 0.05) is 26.2 Å². The first-order valence-corrected chi connectivity index (χ1v) is 7.63. The van der Waals surface area contributed by atoms with Crippen LogP contribution in [0.15, 0.2) is 11.2 Å². The molecule has 10 heteroatoms. The van der Waals surface area contributed by atoms with E-state index in [1.54, 1.807) is 18.5 Å². The van der Waals surface area contributed by atoms with Gasteiger partial charge in [-0.25, -0.2) is 18.1 Å². The van der Waals surface area contributed by atoms with Crippen LogP contribution in [-0.2, 0) is 26.7 Å². The number of imidazole rings is 1. The summed E-state index contributed by atoms with van der Waals surface area (Å²) in [4.78, 5) is 25.8. The second kappa shape index (κ2) is 6.68. The molecule has 21 heavy (non-hydrogen) atoms. The van der Waals surface area contributed by atoms with Gasteiger partial charge in [0.05, 0.1) is 0 Å². The Bertz CT molecular complexity index is 618. The minimum absolute atomic E-state index is 0.123. The average Bonchev–Trinajstić information content (AvgIpc) is 2.70. The van der Waals surface area contributed by atoms with Crippen molar-refractivity contribution in [3.8, 4) is 0 Å². The number of amides is 1. The molecule has 0 saturated carbocycles. The van der Waals surface area contributed by atoms with Gasteiger partial charge < -0.3 is 15.0 Å². The molecule has 0 bridgehead atoms. The molecule has 0 aromatic carbocycles. The molecule has 0 saturated heterocycles. The fraction of sp³-hybridized carbons (Fsp3) is 0.545. The number of rotatable bonds is 7. The lowest BCUT2D eigenvalue weighted by molar-refractivity contribution is -0.141. The van der Waals surface area contributed by atoms with Gasteiger partial charge in [-0.05, 0) is 13.8 Å². The molecule has 1 amide bonds. The van der Waals surface area contributed by atoms with Crippen LogP contribution in [0.4, 0.5) is 0 Å². The molecule has 0 radical (unpaired) electrons. The van der Waals surface area contributed by atoms with Gasteiger partial charge in [-0.3, -0.25) is 9.59 Å². The lowest BCUT2D eigenvalue weighted by Crippen LogP contribution is -2.39. The molecular formula is C11H18N4O5S. The van der Waals surface area contributed by atoms with Crippen molar-refractivity contribution < 1.29 is 23.1 Å². The predicted octanol–water partition coefficient (Wildman–Crippen LogP) is -1.01. The predicted molar refractivity (Wildman–Crippen MR) is 73.0 cm³/mol. The first-order valence-electron chi connectivity index (χ1n) is 6.15. The molecule has 1 unspecified atom stereocenters. The lowest BCUT2D eigenvalue weighted by Gasteiger charge is -2.09. The minimum atomic E-state index is -3.78. The van der Waals surface area contributed by atoms with Gasteiger partial charge in [0.15, 0.2) is 5.03 Å². The molecule has 0 fully saturated rings. The van der Waals surface area contributed by atoms with E-state index in [4.69, 9.17) is 5.11 Å². The van der Waals surface area contributed by atoms with Gasteiger partial charge in [-0.1, -0.05) is 0 Å². The van der Waals surface area contributed by atoms with Gasteiger partial charge in [0.1, 0.15) is 11.9 Å². The molecule has 1 rings (SSSR count). The number of aromatic nitrogens is 2. The van der Waals surface area contributed by atoms with Gasteiger partial charge in [0.25, 0.3) is 10.0 Å². The Balaban J connectivity index is 2.51. The minimum Gasteiger partial charge on any atom is -0.480 e. The number of aliphatic carboxylic acids is 1. The van der Waals surface area contributed by atoms with Crippen LogP contribution in [0.25, 0.3) is 0 Å². The van der Waals surface area contributed by atoms with Crippen LogP contribution in [0, 0.1) is 6.92 Å². The zero-order valence-electron chi connectivity index (χ0n) is 12.0.